The summed E-state index contributed by atoms with van der Waals surface area (Å²) in [6.45, 7) is 1.47. The van der Waals surface area contributed by atoms with Crippen LogP contribution in [0.4, 0.5) is 23.4 Å². The Kier molecular flexibility index (Phi) is 6.53. The van der Waals surface area contributed by atoms with Crippen molar-refractivity contribution in [2.45, 2.75) is 31.6 Å². The molecule has 0 N–H and O–H groups in total. The molecule has 1 aliphatic heterocycles. The first kappa shape index (κ1) is 24.1. The van der Waals surface area contributed by atoms with Crippen molar-refractivity contribution >= 4 is 16.6 Å². The third kappa shape index (κ3) is 4.86. The summed E-state index contributed by atoms with van der Waals surface area (Å²) in [5, 5.41) is 10.9. The number of hydrogen-bond acceptors (Lipinski definition) is 6. The molecule has 1 fully saturated rings. The van der Waals surface area contributed by atoms with Crippen LogP contribution in [0.1, 0.15) is 24.0 Å². The average Bonchev–Trinajstić information content (AvgIpc) is 2.89. The fraction of sp³-hybridized carbons (Fsp3) is 0.308. The molecule has 0 bridgehead atoms. The molecule has 4 aromatic rings. The lowest BCUT2D eigenvalue weighted by Gasteiger charge is -2.37. The van der Waals surface area contributed by atoms with Gasteiger partial charge in [-0.25, -0.2) is 14.4 Å². The number of rotatable bonds is 5. The van der Waals surface area contributed by atoms with Gasteiger partial charge in [0.25, 0.3) is 0 Å². The summed E-state index contributed by atoms with van der Waals surface area (Å²) in [7, 11) is 1.82. The molecule has 36 heavy (non-hydrogen) atoms. The molecular weight excluding hydrogens is 472 g/mol. The van der Waals surface area contributed by atoms with Crippen LogP contribution in [-0.2, 0) is 12.7 Å². The molecule has 2 aromatic carbocycles. The number of anilines is 1. The number of piperidine rings is 1. The van der Waals surface area contributed by atoms with E-state index in [0.717, 1.165) is 35.5 Å². The standard InChI is InChI=1S/C26H24F4N6/c1-35(15-17-6-7-18(27)14-22(17)26(28,29)30)19-9-12-36(13-10-19)25-21-5-3-2-4-20(21)24(33-34-25)23-8-11-31-16-32-23/h2-8,11,14,16,19H,9-10,12-13,15H2,1H3. The van der Waals surface area contributed by atoms with Crippen molar-refractivity contribution in [2.75, 3.05) is 25.0 Å². The molecule has 5 rings (SSSR count). The highest BCUT2D eigenvalue weighted by Gasteiger charge is 2.34. The van der Waals surface area contributed by atoms with Gasteiger partial charge in [0, 0.05) is 42.6 Å². The maximum absolute atomic E-state index is 13.5. The van der Waals surface area contributed by atoms with Crippen LogP contribution in [0, 0.1) is 5.82 Å². The topological polar surface area (TPSA) is 58.0 Å². The fourth-order valence-corrected chi connectivity index (χ4v) is 4.81. The predicted octanol–water partition coefficient (Wildman–Crippen LogP) is 5.35. The van der Waals surface area contributed by atoms with Gasteiger partial charge < -0.3 is 4.90 Å². The van der Waals surface area contributed by atoms with Gasteiger partial charge in [-0.05, 0) is 43.7 Å². The van der Waals surface area contributed by atoms with Crippen molar-refractivity contribution in [2.24, 2.45) is 0 Å². The van der Waals surface area contributed by atoms with Crippen LogP contribution in [0.3, 0.4) is 0 Å². The highest BCUT2D eigenvalue weighted by molar-refractivity contribution is 5.99. The zero-order valence-electron chi connectivity index (χ0n) is 19.6. The van der Waals surface area contributed by atoms with Crippen LogP contribution in [0.15, 0.2) is 61.1 Å². The van der Waals surface area contributed by atoms with Crippen molar-refractivity contribution in [1.82, 2.24) is 25.1 Å². The summed E-state index contributed by atoms with van der Waals surface area (Å²) < 4.78 is 53.7. The molecule has 0 spiro atoms. The molecule has 3 heterocycles. The second kappa shape index (κ2) is 9.77. The number of nitrogens with zero attached hydrogens (tertiary/aromatic N) is 6. The van der Waals surface area contributed by atoms with Crippen molar-refractivity contribution in [3.63, 3.8) is 0 Å². The van der Waals surface area contributed by atoms with E-state index in [0.29, 0.717) is 30.5 Å². The maximum Gasteiger partial charge on any atom is 0.416 e. The Morgan fingerprint density at radius 1 is 1.00 bits per heavy atom. The Bertz CT molecular complexity index is 1350. The number of halogens is 4. The maximum atomic E-state index is 13.5. The molecule has 10 heteroatoms. The van der Waals surface area contributed by atoms with Gasteiger partial charge in [0.1, 0.15) is 17.8 Å². The first-order chi connectivity index (χ1) is 17.3. The molecule has 0 unspecified atom stereocenters. The second-order valence-electron chi connectivity index (χ2n) is 8.94. The molecule has 6 nitrogen and oxygen atoms in total. The SMILES string of the molecule is CN(Cc1ccc(F)cc1C(F)(F)F)C1CCN(c2nnc(-c3ccncn3)c3ccccc23)CC1. The Morgan fingerprint density at radius 3 is 2.44 bits per heavy atom. The Balaban J connectivity index is 1.32. The van der Waals surface area contributed by atoms with Crippen LogP contribution in [-0.4, -0.2) is 51.2 Å². The van der Waals surface area contributed by atoms with Gasteiger partial charge in [-0.2, -0.15) is 13.2 Å². The number of fused-ring (bicyclic) bond motifs is 1. The van der Waals surface area contributed by atoms with Gasteiger partial charge in [-0.1, -0.05) is 30.3 Å². The van der Waals surface area contributed by atoms with E-state index >= 15 is 0 Å². The quantitative estimate of drug-likeness (QED) is 0.348. The molecular formula is C26H24F4N6. The number of benzene rings is 2. The Labute approximate surface area is 205 Å². The van der Waals surface area contributed by atoms with Gasteiger partial charge >= 0.3 is 6.18 Å². The monoisotopic (exact) mass is 496 g/mol. The van der Waals surface area contributed by atoms with E-state index in [9.17, 15) is 17.6 Å². The van der Waals surface area contributed by atoms with Crippen LogP contribution < -0.4 is 4.90 Å². The van der Waals surface area contributed by atoms with Crippen LogP contribution in [0.5, 0.6) is 0 Å². The number of alkyl halides is 3. The normalized spacial score (nSPS) is 15.1. The summed E-state index contributed by atoms with van der Waals surface area (Å²) in [6, 6.07) is 12.7. The van der Waals surface area contributed by atoms with E-state index in [2.05, 4.69) is 25.1 Å². The Hall–Kier alpha value is -3.66. The van der Waals surface area contributed by atoms with E-state index in [1.165, 1.54) is 12.4 Å². The lowest BCUT2D eigenvalue weighted by molar-refractivity contribution is -0.138. The van der Waals surface area contributed by atoms with Crippen molar-refractivity contribution in [3.05, 3.63) is 78.0 Å². The first-order valence-corrected chi connectivity index (χ1v) is 11.6. The van der Waals surface area contributed by atoms with Crippen molar-refractivity contribution in [3.8, 4) is 11.4 Å². The minimum absolute atomic E-state index is 0.0750. The van der Waals surface area contributed by atoms with Crippen molar-refractivity contribution in [1.29, 1.82) is 0 Å². The minimum Gasteiger partial charge on any atom is -0.354 e. The zero-order chi connectivity index (χ0) is 25.3. The molecule has 0 saturated carbocycles. The van der Waals surface area contributed by atoms with Crippen molar-refractivity contribution < 1.29 is 17.6 Å². The van der Waals surface area contributed by atoms with Gasteiger partial charge in [-0.3, -0.25) is 4.90 Å². The smallest absolute Gasteiger partial charge is 0.354 e. The molecule has 0 aliphatic carbocycles. The van der Waals surface area contributed by atoms with Crippen LogP contribution in [0.2, 0.25) is 0 Å². The molecule has 1 saturated heterocycles. The second-order valence-corrected chi connectivity index (χ2v) is 8.94. The Morgan fingerprint density at radius 2 is 1.75 bits per heavy atom. The number of hydrogen-bond donors (Lipinski definition) is 0. The summed E-state index contributed by atoms with van der Waals surface area (Å²) in [5.74, 6) is -0.108. The third-order valence-electron chi connectivity index (χ3n) is 6.68. The van der Waals surface area contributed by atoms with Gasteiger partial charge in [0.15, 0.2) is 5.82 Å². The lowest BCUT2D eigenvalue weighted by Crippen LogP contribution is -2.43. The first-order valence-electron chi connectivity index (χ1n) is 11.6. The van der Waals surface area contributed by atoms with E-state index < -0.39 is 17.6 Å². The number of aromatic nitrogens is 4. The molecule has 0 radical (unpaired) electrons. The van der Waals surface area contributed by atoms with Gasteiger partial charge in [-0.15, -0.1) is 10.2 Å². The van der Waals surface area contributed by atoms with E-state index in [-0.39, 0.29) is 18.2 Å². The van der Waals surface area contributed by atoms with Gasteiger partial charge in [0.2, 0.25) is 0 Å². The van der Waals surface area contributed by atoms with Gasteiger partial charge in [0.05, 0.1) is 11.3 Å². The highest BCUT2D eigenvalue weighted by Crippen LogP contribution is 2.35. The van der Waals surface area contributed by atoms with Crippen LogP contribution in [0.25, 0.3) is 22.2 Å². The molecule has 186 valence electrons. The largest absolute Gasteiger partial charge is 0.416 e. The fourth-order valence-electron chi connectivity index (χ4n) is 4.81. The van der Waals surface area contributed by atoms with E-state index in [4.69, 9.17) is 0 Å². The minimum atomic E-state index is -4.60. The summed E-state index contributed by atoms with van der Waals surface area (Å²) in [6.07, 6.45) is 0.0485. The van der Waals surface area contributed by atoms with E-state index in [1.54, 1.807) is 12.3 Å². The summed E-state index contributed by atoms with van der Waals surface area (Å²) >= 11 is 0. The predicted molar refractivity (Wildman–Crippen MR) is 129 cm³/mol. The lowest BCUT2D eigenvalue weighted by atomic mass is 10.0. The molecule has 1 aliphatic rings. The molecule has 0 amide bonds. The average molecular weight is 497 g/mol. The highest BCUT2D eigenvalue weighted by atomic mass is 19.4. The van der Waals surface area contributed by atoms with Crippen LogP contribution >= 0.6 is 0 Å². The summed E-state index contributed by atoms with van der Waals surface area (Å²) in [4.78, 5) is 12.4. The summed E-state index contributed by atoms with van der Waals surface area (Å²) in [5.41, 5.74) is 0.536. The van der Waals surface area contributed by atoms with E-state index in [1.807, 2.05) is 36.2 Å². The zero-order valence-corrected chi connectivity index (χ0v) is 19.6. The molecule has 0 atom stereocenters. The third-order valence-corrected chi connectivity index (χ3v) is 6.68. The molecule has 2 aromatic heterocycles.